The predicted octanol–water partition coefficient (Wildman–Crippen LogP) is 2.32. The molecule has 1 unspecified atom stereocenters. The normalized spacial score (nSPS) is 20.6. The van der Waals surface area contributed by atoms with Crippen LogP contribution in [0.5, 0.6) is 0 Å². The summed E-state index contributed by atoms with van der Waals surface area (Å²) in [5.41, 5.74) is -0.516. The van der Waals surface area contributed by atoms with E-state index in [1.165, 1.54) is 0 Å². The highest BCUT2D eigenvalue weighted by atomic mass is 32.3. The van der Waals surface area contributed by atoms with Crippen LogP contribution in [0.25, 0.3) is 0 Å². The Hall–Kier alpha value is -0.850. The molecule has 1 aliphatic rings. The molecule has 1 rings (SSSR count). The van der Waals surface area contributed by atoms with E-state index < -0.39 is 21.6 Å². The predicted molar refractivity (Wildman–Crippen MR) is 70.0 cm³/mol. The topological polar surface area (TPSA) is 63.7 Å². The van der Waals surface area contributed by atoms with Crippen molar-refractivity contribution >= 4 is 16.3 Å². The summed E-state index contributed by atoms with van der Waals surface area (Å²) in [7, 11) is -4.37. The van der Waals surface area contributed by atoms with Crippen molar-refractivity contribution in [2.75, 3.05) is 18.8 Å². The number of hydrogen-bond acceptors (Lipinski definition) is 4. The van der Waals surface area contributed by atoms with E-state index in [2.05, 4.69) is 0 Å². The third kappa shape index (κ3) is 6.75. The molecule has 0 N–H and O–H groups in total. The van der Waals surface area contributed by atoms with Crippen LogP contribution < -0.4 is 0 Å². The van der Waals surface area contributed by atoms with Gasteiger partial charge in [0, 0.05) is 13.1 Å². The van der Waals surface area contributed by atoms with Gasteiger partial charge in [0.05, 0.1) is 5.75 Å². The van der Waals surface area contributed by atoms with E-state index in [9.17, 15) is 17.1 Å². The van der Waals surface area contributed by atoms with Crippen LogP contribution in [0.1, 0.15) is 40.0 Å². The van der Waals surface area contributed by atoms with Gasteiger partial charge in [0.2, 0.25) is 0 Å². The number of carbonyl (C=O) groups is 1. The molecule has 1 heterocycles. The average Bonchev–Trinajstić information content (AvgIpc) is 2.61. The zero-order valence-corrected chi connectivity index (χ0v) is 12.5. The van der Waals surface area contributed by atoms with Crippen molar-refractivity contribution in [2.24, 2.45) is 5.92 Å². The zero-order valence-electron chi connectivity index (χ0n) is 11.7. The van der Waals surface area contributed by atoms with Crippen LogP contribution in [-0.4, -0.2) is 43.9 Å². The third-order valence-corrected chi connectivity index (χ3v) is 3.71. The molecule has 1 atom stereocenters. The van der Waals surface area contributed by atoms with Crippen LogP contribution in [0.2, 0.25) is 0 Å². The lowest BCUT2D eigenvalue weighted by Crippen LogP contribution is -2.35. The lowest BCUT2D eigenvalue weighted by Gasteiger charge is -2.24. The molecule has 0 aromatic carbocycles. The Kier molecular flexibility index (Phi) is 5.18. The van der Waals surface area contributed by atoms with Gasteiger partial charge >= 0.3 is 16.3 Å². The van der Waals surface area contributed by atoms with Gasteiger partial charge in [-0.15, -0.1) is 3.89 Å². The van der Waals surface area contributed by atoms with Crippen molar-refractivity contribution in [1.82, 2.24) is 4.90 Å². The molecular formula is C12H22FNO4S. The van der Waals surface area contributed by atoms with E-state index in [1.54, 1.807) is 4.90 Å². The molecule has 19 heavy (non-hydrogen) atoms. The van der Waals surface area contributed by atoms with Gasteiger partial charge in [-0.05, 0) is 46.0 Å². The number of hydrogen-bond donors (Lipinski definition) is 0. The molecule has 0 aromatic rings. The van der Waals surface area contributed by atoms with Gasteiger partial charge in [-0.2, -0.15) is 8.42 Å². The minimum atomic E-state index is -4.37. The monoisotopic (exact) mass is 295 g/mol. The van der Waals surface area contributed by atoms with Crippen LogP contribution in [0.4, 0.5) is 8.68 Å². The van der Waals surface area contributed by atoms with Gasteiger partial charge in [-0.3, -0.25) is 0 Å². The summed E-state index contributed by atoms with van der Waals surface area (Å²) in [4.78, 5) is 13.4. The second kappa shape index (κ2) is 6.07. The van der Waals surface area contributed by atoms with Crippen LogP contribution >= 0.6 is 0 Å². The summed E-state index contributed by atoms with van der Waals surface area (Å²) in [6.45, 7) is 6.60. The van der Waals surface area contributed by atoms with Crippen molar-refractivity contribution in [3.8, 4) is 0 Å². The highest BCUT2D eigenvalue weighted by Crippen LogP contribution is 2.23. The summed E-state index contributed by atoms with van der Waals surface area (Å²) in [6.07, 6.45) is 1.38. The molecule has 1 aliphatic heterocycles. The number of rotatable bonds is 4. The highest BCUT2D eigenvalue weighted by molar-refractivity contribution is 7.86. The van der Waals surface area contributed by atoms with Crippen LogP contribution in [0.15, 0.2) is 0 Å². The maximum Gasteiger partial charge on any atom is 0.410 e. The van der Waals surface area contributed by atoms with Crippen LogP contribution in [0.3, 0.4) is 0 Å². The van der Waals surface area contributed by atoms with E-state index in [0.29, 0.717) is 25.9 Å². The minimum Gasteiger partial charge on any atom is -0.444 e. The molecule has 112 valence electrons. The fourth-order valence-electron chi connectivity index (χ4n) is 2.11. The molecule has 1 fully saturated rings. The smallest absolute Gasteiger partial charge is 0.410 e. The first kappa shape index (κ1) is 16.2. The van der Waals surface area contributed by atoms with E-state index in [4.69, 9.17) is 4.74 Å². The van der Waals surface area contributed by atoms with Gasteiger partial charge < -0.3 is 9.64 Å². The lowest BCUT2D eigenvalue weighted by molar-refractivity contribution is 0.0287. The van der Waals surface area contributed by atoms with Crippen molar-refractivity contribution in [1.29, 1.82) is 0 Å². The number of carbonyl (C=O) groups excluding carboxylic acids is 1. The first-order valence-electron chi connectivity index (χ1n) is 6.47. The van der Waals surface area contributed by atoms with Gasteiger partial charge in [0.25, 0.3) is 0 Å². The SMILES string of the molecule is CC(C)(C)OC(=O)N1CCC(CCCS(=O)(=O)F)C1. The first-order chi connectivity index (χ1) is 8.57. The Labute approximate surface area is 114 Å². The molecule has 0 aromatic heterocycles. The van der Waals surface area contributed by atoms with E-state index in [1.807, 2.05) is 20.8 Å². The van der Waals surface area contributed by atoms with E-state index in [0.717, 1.165) is 6.42 Å². The van der Waals surface area contributed by atoms with Gasteiger partial charge in [0.15, 0.2) is 0 Å². The fourth-order valence-corrected chi connectivity index (χ4v) is 2.62. The Morgan fingerprint density at radius 1 is 1.42 bits per heavy atom. The van der Waals surface area contributed by atoms with E-state index in [-0.39, 0.29) is 12.0 Å². The molecule has 0 aliphatic carbocycles. The Morgan fingerprint density at radius 3 is 2.58 bits per heavy atom. The number of halogens is 1. The summed E-state index contributed by atoms with van der Waals surface area (Å²) >= 11 is 0. The standard InChI is InChI=1S/C12H22FNO4S/c1-12(2,3)18-11(15)14-7-6-10(9-14)5-4-8-19(13,16)17/h10H,4-9H2,1-3H3. The van der Waals surface area contributed by atoms with Crippen molar-refractivity contribution in [3.63, 3.8) is 0 Å². The molecule has 0 bridgehead atoms. The maximum absolute atomic E-state index is 12.3. The fraction of sp³-hybridized carbons (Fsp3) is 0.917. The Morgan fingerprint density at radius 2 is 2.05 bits per heavy atom. The molecular weight excluding hydrogens is 273 g/mol. The molecule has 0 saturated carbocycles. The van der Waals surface area contributed by atoms with Crippen LogP contribution in [-0.2, 0) is 15.0 Å². The third-order valence-electron chi connectivity index (χ3n) is 2.94. The number of nitrogens with zero attached hydrogens (tertiary/aromatic N) is 1. The Balaban J connectivity index is 2.32. The summed E-state index contributed by atoms with van der Waals surface area (Å²) in [5.74, 6) is -0.204. The lowest BCUT2D eigenvalue weighted by atomic mass is 10.0. The second-order valence-electron chi connectivity index (χ2n) is 5.97. The van der Waals surface area contributed by atoms with E-state index >= 15 is 0 Å². The summed E-state index contributed by atoms with van der Waals surface area (Å²) < 4.78 is 38.4. The average molecular weight is 295 g/mol. The van der Waals surface area contributed by atoms with Gasteiger partial charge in [0.1, 0.15) is 5.60 Å². The first-order valence-corrected chi connectivity index (χ1v) is 8.02. The molecule has 5 nitrogen and oxygen atoms in total. The number of ether oxygens (including phenoxy) is 1. The summed E-state index contributed by atoms with van der Waals surface area (Å²) in [5, 5.41) is 0. The van der Waals surface area contributed by atoms with Gasteiger partial charge in [-0.25, -0.2) is 4.79 Å². The van der Waals surface area contributed by atoms with Crippen molar-refractivity contribution in [2.45, 2.75) is 45.6 Å². The number of likely N-dealkylation sites (tertiary alicyclic amines) is 1. The molecule has 7 heteroatoms. The quantitative estimate of drug-likeness (QED) is 0.747. The number of amides is 1. The summed E-state index contributed by atoms with van der Waals surface area (Å²) in [6, 6.07) is 0. The molecule has 0 radical (unpaired) electrons. The second-order valence-corrected chi connectivity index (χ2v) is 7.45. The minimum absolute atomic E-state index is 0.231. The van der Waals surface area contributed by atoms with Gasteiger partial charge in [-0.1, -0.05) is 0 Å². The maximum atomic E-state index is 12.3. The highest BCUT2D eigenvalue weighted by Gasteiger charge is 2.29. The molecule has 1 saturated heterocycles. The largest absolute Gasteiger partial charge is 0.444 e. The molecule has 0 spiro atoms. The Bertz CT molecular complexity index is 416. The van der Waals surface area contributed by atoms with Crippen molar-refractivity contribution in [3.05, 3.63) is 0 Å². The van der Waals surface area contributed by atoms with Crippen molar-refractivity contribution < 1.29 is 21.8 Å². The zero-order chi connectivity index (χ0) is 14.7. The molecule has 1 amide bonds. The van der Waals surface area contributed by atoms with Crippen LogP contribution in [0, 0.1) is 5.92 Å².